The SMILES string of the molecule is C=C(C)/C(CC(=O)O)=C(\C(=C(C)C)c1ccc2c(c1)CCN(Cc1cc(F)cc(Cl)c1)C2)N1CCC(C)(C)CC1. The van der Waals surface area contributed by atoms with Gasteiger partial charge >= 0.3 is 5.97 Å². The van der Waals surface area contributed by atoms with E-state index in [-0.39, 0.29) is 17.7 Å². The van der Waals surface area contributed by atoms with E-state index < -0.39 is 5.97 Å². The lowest BCUT2D eigenvalue weighted by Gasteiger charge is -2.41. The average Bonchev–Trinajstić information content (AvgIpc) is 2.85. The molecule has 0 unspecified atom stereocenters. The van der Waals surface area contributed by atoms with Gasteiger partial charge in [-0.05, 0) is 91.5 Å². The molecular formula is C34H42ClFN2O2. The van der Waals surface area contributed by atoms with Crippen molar-refractivity contribution in [3.8, 4) is 0 Å². The van der Waals surface area contributed by atoms with E-state index in [1.165, 1.54) is 17.2 Å². The zero-order valence-corrected chi connectivity index (χ0v) is 25.3. The van der Waals surface area contributed by atoms with Gasteiger partial charge in [0.15, 0.2) is 0 Å². The molecule has 4 rings (SSSR count). The lowest BCUT2D eigenvalue weighted by atomic mass is 9.81. The lowest BCUT2D eigenvalue weighted by Crippen LogP contribution is -2.38. The number of carboxylic acids is 1. The highest BCUT2D eigenvalue weighted by Crippen LogP contribution is 2.40. The van der Waals surface area contributed by atoms with Crippen molar-refractivity contribution in [3.63, 3.8) is 0 Å². The van der Waals surface area contributed by atoms with E-state index in [1.54, 1.807) is 6.07 Å². The molecule has 0 atom stereocenters. The first-order chi connectivity index (χ1) is 18.8. The second-order valence-corrected chi connectivity index (χ2v) is 12.9. The number of piperidine rings is 1. The van der Waals surface area contributed by atoms with Gasteiger partial charge in [-0.3, -0.25) is 9.69 Å². The first-order valence-electron chi connectivity index (χ1n) is 14.2. The number of aliphatic carboxylic acids is 1. The van der Waals surface area contributed by atoms with E-state index in [2.05, 4.69) is 62.3 Å². The van der Waals surface area contributed by atoms with Crippen molar-refractivity contribution in [2.45, 2.75) is 73.4 Å². The minimum absolute atomic E-state index is 0.0503. The molecule has 40 heavy (non-hydrogen) atoms. The van der Waals surface area contributed by atoms with Gasteiger partial charge in [0.05, 0.1) is 6.42 Å². The summed E-state index contributed by atoms with van der Waals surface area (Å²) in [4.78, 5) is 16.7. The van der Waals surface area contributed by atoms with Crippen molar-refractivity contribution in [2.24, 2.45) is 5.41 Å². The summed E-state index contributed by atoms with van der Waals surface area (Å²) in [6.45, 7) is 19.0. The maximum Gasteiger partial charge on any atom is 0.307 e. The molecule has 2 aromatic rings. The quantitative estimate of drug-likeness (QED) is 0.328. The molecule has 2 heterocycles. The van der Waals surface area contributed by atoms with Crippen molar-refractivity contribution in [1.82, 2.24) is 9.80 Å². The Morgan fingerprint density at radius 3 is 2.35 bits per heavy atom. The standard InChI is InChI=1S/C34H42ClFN2O2/c1-22(2)30(19-31(39)40)33(38-13-10-34(5,6)11-14-38)32(23(3)4)26-7-8-27-21-37(12-9-25(27)17-26)20-24-15-28(35)18-29(36)16-24/h7-8,15-18H,1,9-14,19-21H2,2-6H3,(H,39,40)/b33-30+. The topological polar surface area (TPSA) is 43.8 Å². The summed E-state index contributed by atoms with van der Waals surface area (Å²) in [5, 5.41) is 10.3. The van der Waals surface area contributed by atoms with E-state index >= 15 is 0 Å². The number of halogens is 2. The van der Waals surface area contributed by atoms with Crippen LogP contribution in [0.4, 0.5) is 4.39 Å². The molecule has 0 spiro atoms. The molecule has 1 N–H and O–H groups in total. The van der Waals surface area contributed by atoms with E-state index in [1.807, 2.05) is 13.0 Å². The highest BCUT2D eigenvalue weighted by molar-refractivity contribution is 6.30. The zero-order valence-electron chi connectivity index (χ0n) is 24.5. The Balaban J connectivity index is 1.69. The Morgan fingerprint density at radius 2 is 1.75 bits per heavy atom. The molecule has 6 heteroatoms. The number of nitrogens with zero attached hydrogens (tertiary/aromatic N) is 2. The van der Waals surface area contributed by atoms with Gasteiger partial charge in [-0.1, -0.05) is 61.4 Å². The fraction of sp³-hybridized carbons (Fsp3) is 0.441. The smallest absolute Gasteiger partial charge is 0.307 e. The summed E-state index contributed by atoms with van der Waals surface area (Å²) in [6, 6.07) is 11.4. The fourth-order valence-electron chi connectivity index (χ4n) is 5.95. The summed E-state index contributed by atoms with van der Waals surface area (Å²) in [5.41, 5.74) is 9.73. The summed E-state index contributed by atoms with van der Waals surface area (Å²) >= 11 is 6.08. The largest absolute Gasteiger partial charge is 0.481 e. The van der Waals surface area contributed by atoms with E-state index in [4.69, 9.17) is 11.6 Å². The Morgan fingerprint density at radius 1 is 1.05 bits per heavy atom. The highest BCUT2D eigenvalue weighted by atomic mass is 35.5. The van der Waals surface area contributed by atoms with Crippen LogP contribution in [-0.4, -0.2) is 40.5 Å². The number of likely N-dealkylation sites (tertiary alicyclic amines) is 1. The monoisotopic (exact) mass is 564 g/mol. The number of benzene rings is 2. The molecule has 0 saturated carbocycles. The molecule has 0 amide bonds. The van der Waals surface area contributed by atoms with Crippen LogP contribution >= 0.6 is 11.6 Å². The summed E-state index contributed by atoms with van der Waals surface area (Å²) in [6.07, 6.45) is 2.95. The van der Waals surface area contributed by atoms with Gasteiger partial charge in [-0.15, -0.1) is 0 Å². The minimum Gasteiger partial charge on any atom is -0.481 e. The van der Waals surface area contributed by atoms with Crippen LogP contribution in [0.3, 0.4) is 0 Å². The number of fused-ring (bicyclic) bond motifs is 1. The number of allylic oxidation sites excluding steroid dienone is 3. The summed E-state index contributed by atoms with van der Waals surface area (Å²) in [5.74, 6) is -1.15. The van der Waals surface area contributed by atoms with Gasteiger partial charge in [0.25, 0.3) is 0 Å². The number of hydrogen-bond donors (Lipinski definition) is 1. The molecule has 2 aromatic carbocycles. The maximum atomic E-state index is 13.9. The second-order valence-electron chi connectivity index (χ2n) is 12.4. The molecular weight excluding hydrogens is 523 g/mol. The van der Waals surface area contributed by atoms with Gasteiger partial charge in [0.1, 0.15) is 5.82 Å². The maximum absolute atomic E-state index is 13.9. The van der Waals surface area contributed by atoms with Crippen LogP contribution in [0.2, 0.25) is 5.02 Å². The number of carbonyl (C=O) groups is 1. The Hall–Kier alpha value is -2.89. The van der Waals surface area contributed by atoms with Crippen LogP contribution in [0.25, 0.3) is 5.57 Å². The van der Waals surface area contributed by atoms with Crippen molar-refractivity contribution in [1.29, 1.82) is 0 Å². The molecule has 0 bridgehead atoms. The predicted molar refractivity (Wildman–Crippen MR) is 163 cm³/mol. The third-order valence-electron chi connectivity index (χ3n) is 8.21. The molecule has 2 aliphatic rings. The third-order valence-corrected chi connectivity index (χ3v) is 8.43. The summed E-state index contributed by atoms with van der Waals surface area (Å²) < 4.78 is 13.9. The van der Waals surface area contributed by atoms with Gasteiger partial charge in [-0.25, -0.2) is 4.39 Å². The van der Waals surface area contributed by atoms with Crippen LogP contribution in [0.15, 0.2) is 65.4 Å². The minimum atomic E-state index is -0.842. The van der Waals surface area contributed by atoms with Crippen LogP contribution in [0.5, 0.6) is 0 Å². The van der Waals surface area contributed by atoms with Crippen molar-refractivity contribution < 1.29 is 14.3 Å². The predicted octanol–water partition coefficient (Wildman–Crippen LogP) is 8.26. The number of carboxylic acid groups (broad SMARTS) is 1. The first kappa shape index (κ1) is 30.1. The van der Waals surface area contributed by atoms with Crippen LogP contribution in [0.1, 0.15) is 76.1 Å². The van der Waals surface area contributed by atoms with Crippen molar-refractivity contribution in [2.75, 3.05) is 19.6 Å². The van der Waals surface area contributed by atoms with Gasteiger partial charge < -0.3 is 10.0 Å². The third kappa shape index (κ3) is 7.24. The average molecular weight is 565 g/mol. The van der Waals surface area contributed by atoms with E-state index in [0.29, 0.717) is 11.6 Å². The molecule has 0 radical (unpaired) electrons. The van der Waals surface area contributed by atoms with Crippen LogP contribution < -0.4 is 0 Å². The Kier molecular flexibility index (Phi) is 9.26. The van der Waals surface area contributed by atoms with Crippen molar-refractivity contribution in [3.05, 3.63) is 98.5 Å². The zero-order chi connectivity index (χ0) is 29.2. The second kappa shape index (κ2) is 12.3. The van der Waals surface area contributed by atoms with Crippen LogP contribution in [-0.2, 0) is 24.3 Å². The first-order valence-corrected chi connectivity index (χ1v) is 14.5. The molecule has 4 nitrogen and oxygen atoms in total. The number of rotatable bonds is 8. The fourth-order valence-corrected chi connectivity index (χ4v) is 6.19. The number of hydrogen-bond acceptors (Lipinski definition) is 3. The van der Waals surface area contributed by atoms with Gasteiger partial charge in [0.2, 0.25) is 0 Å². The Labute approximate surface area is 243 Å². The normalized spacial score (nSPS) is 17.6. The summed E-state index contributed by atoms with van der Waals surface area (Å²) in [7, 11) is 0. The highest BCUT2D eigenvalue weighted by Gasteiger charge is 2.31. The van der Waals surface area contributed by atoms with E-state index in [0.717, 1.165) is 84.6 Å². The molecule has 2 aliphatic heterocycles. The Bertz CT molecular complexity index is 1340. The molecule has 1 saturated heterocycles. The molecule has 1 fully saturated rings. The van der Waals surface area contributed by atoms with Gasteiger partial charge in [0, 0.05) is 49.0 Å². The van der Waals surface area contributed by atoms with Gasteiger partial charge in [-0.2, -0.15) is 0 Å². The molecule has 0 aliphatic carbocycles. The molecule has 214 valence electrons. The lowest BCUT2D eigenvalue weighted by molar-refractivity contribution is -0.136. The molecule has 0 aromatic heterocycles. The van der Waals surface area contributed by atoms with E-state index in [9.17, 15) is 14.3 Å². The van der Waals surface area contributed by atoms with Crippen molar-refractivity contribution >= 4 is 23.1 Å². The van der Waals surface area contributed by atoms with Crippen LogP contribution in [0, 0.1) is 11.2 Å².